The van der Waals surface area contributed by atoms with Crippen LogP contribution in [0.4, 0.5) is 5.69 Å². The molecule has 1 N–H and O–H groups in total. The van der Waals surface area contributed by atoms with E-state index in [2.05, 4.69) is 10.3 Å². The standard InChI is InChI=1S/C12H15ClN2OS/c13-12-10(6-3-7-14-12)15-11(16)8-17-9-4-1-2-5-9/h3,6-7,9H,1-2,4-5,8H2,(H,15,16). The summed E-state index contributed by atoms with van der Waals surface area (Å²) in [7, 11) is 0. The minimum absolute atomic E-state index is 0.00296. The van der Waals surface area contributed by atoms with Crippen molar-refractivity contribution in [3.63, 3.8) is 0 Å². The molecule has 1 aliphatic carbocycles. The number of rotatable bonds is 4. The van der Waals surface area contributed by atoms with Crippen molar-refractivity contribution in [3.05, 3.63) is 23.5 Å². The van der Waals surface area contributed by atoms with Gasteiger partial charge in [0, 0.05) is 11.4 Å². The number of hydrogen-bond acceptors (Lipinski definition) is 3. The molecule has 17 heavy (non-hydrogen) atoms. The first-order valence-corrected chi connectivity index (χ1v) is 7.20. The second-order valence-electron chi connectivity index (χ2n) is 4.11. The van der Waals surface area contributed by atoms with Gasteiger partial charge >= 0.3 is 0 Å². The van der Waals surface area contributed by atoms with Gasteiger partial charge in [-0.1, -0.05) is 24.4 Å². The zero-order valence-corrected chi connectivity index (χ0v) is 11.1. The molecule has 0 radical (unpaired) electrons. The predicted octanol–water partition coefficient (Wildman–Crippen LogP) is 3.35. The molecule has 1 aromatic heterocycles. The lowest BCUT2D eigenvalue weighted by atomic mass is 10.4. The van der Waals surface area contributed by atoms with Gasteiger partial charge in [-0.05, 0) is 25.0 Å². The zero-order valence-electron chi connectivity index (χ0n) is 9.49. The topological polar surface area (TPSA) is 42.0 Å². The van der Waals surface area contributed by atoms with Crippen LogP contribution in [0.3, 0.4) is 0 Å². The molecule has 2 rings (SSSR count). The average molecular weight is 271 g/mol. The minimum Gasteiger partial charge on any atom is -0.323 e. The first-order chi connectivity index (χ1) is 8.25. The fraction of sp³-hybridized carbons (Fsp3) is 0.500. The third-order valence-electron chi connectivity index (χ3n) is 2.79. The van der Waals surface area contributed by atoms with E-state index in [1.54, 1.807) is 30.1 Å². The van der Waals surface area contributed by atoms with Crippen LogP contribution in [-0.2, 0) is 4.79 Å². The number of anilines is 1. The molecule has 1 saturated carbocycles. The summed E-state index contributed by atoms with van der Waals surface area (Å²) in [4.78, 5) is 15.6. The molecule has 0 saturated heterocycles. The first-order valence-electron chi connectivity index (χ1n) is 5.77. The van der Waals surface area contributed by atoms with Gasteiger partial charge in [-0.25, -0.2) is 4.98 Å². The lowest BCUT2D eigenvalue weighted by Crippen LogP contribution is -2.16. The van der Waals surface area contributed by atoms with Crippen molar-refractivity contribution >= 4 is 35.0 Å². The van der Waals surface area contributed by atoms with E-state index in [1.165, 1.54) is 25.7 Å². The lowest BCUT2D eigenvalue weighted by Gasteiger charge is -2.09. The van der Waals surface area contributed by atoms with Gasteiger partial charge < -0.3 is 5.32 Å². The highest BCUT2D eigenvalue weighted by atomic mass is 35.5. The second kappa shape index (κ2) is 6.26. The number of pyridine rings is 1. The summed E-state index contributed by atoms with van der Waals surface area (Å²) in [5.41, 5.74) is 0.589. The molecule has 0 aliphatic heterocycles. The van der Waals surface area contributed by atoms with E-state index in [9.17, 15) is 4.79 Å². The Morgan fingerprint density at radius 1 is 1.53 bits per heavy atom. The van der Waals surface area contributed by atoms with Crippen LogP contribution >= 0.6 is 23.4 Å². The van der Waals surface area contributed by atoms with Crippen molar-refractivity contribution in [2.75, 3.05) is 11.1 Å². The van der Waals surface area contributed by atoms with Crippen LogP contribution in [0.15, 0.2) is 18.3 Å². The number of aromatic nitrogens is 1. The molecule has 0 spiro atoms. The molecular formula is C12H15ClN2OS. The molecule has 1 fully saturated rings. The van der Waals surface area contributed by atoms with Crippen LogP contribution in [0.5, 0.6) is 0 Å². The maximum Gasteiger partial charge on any atom is 0.234 e. The maximum atomic E-state index is 11.7. The molecule has 1 aromatic rings. The summed E-state index contributed by atoms with van der Waals surface area (Å²) < 4.78 is 0. The highest BCUT2D eigenvalue weighted by Gasteiger charge is 2.16. The van der Waals surface area contributed by atoms with Gasteiger partial charge in [0.25, 0.3) is 0 Å². The van der Waals surface area contributed by atoms with Crippen LogP contribution in [0.25, 0.3) is 0 Å². The van der Waals surface area contributed by atoms with E-state index in [4.69, 9.17) is 11.6 Å². The number of thioether (sulfide) groups is 1. The van der Waals surface area contributed by atoms with E-state index in [0.29, 0.717) is 21.8 Å². The molecule has 1 aliphatic rings. The van der Waals surface area contributed by atoms with Gasteiger partial charge in [0.1, 0.15) is 0 Å². The third-order valence-corrected chi connectivity index (χ3v) is 4.46. The van der Waals surface area contributed by atoms with Gasteiger partial charge in [0.15, 0.2) is 5.15 Å². The van der Waals surface area contributed by atoms with E-state index < -0.39 is 0 Å². The van der Waals surface area contributed by atoms with Gasteiger partial charge in [-0.3, -0.25) is 4.79 Å². The highest BCUT2D eigenvalue weighted by Crippen LogP contribution is 2.29. The fourth-order valence-electron chi connectivity index (χ4n) is 1.91. The van der Waals surface area contributed by atoms with E-state index >= 15 is 0 Å². The Labute approximate surface area is 110 Å². The summed E-state index contributed by atoms with van der Waals surface area (Å²) in [6.45, 7) is 0. The number of amides is 1. The minimum atomic E-state index is -0.00296. The van der Waals surface area contributed by atoms with Crippen LogP contribution < -0.4 is 5.32 Å². The van der Waals surface area contributed by atoms with E-state index in [-0.39, 0.29) is 5.91 Å². The number of hydrogen-bond donors (Lipinski definition) is 1. The molecule has 0 bridgehead atoms. The van der Waals surface area contributed by atoms with Crippen molar-refractivity contribution in [3.8, 4) is 0 Å². The molecule has 0 atom stereocenters. The summed E-state index contributed by atoms with van der Waals surface area (Å²) in [6, 6.07) is 3.51. The molecule has 3 nitrogen and oxygen atoms in total. The lowest BCUT2D eigenvalue weighted by molar-refractivity contribution is -0.113. The van der Waals surface area contributed by atoms with Crippen LogP contribution in [0.1, 0.15) is 25.7 Å². The molecule has 5 heteroatoms. The predicted molar refractivity (Wildman–Crippen MR) is 72.6 cm³/mol. The second-order valence-corrected chi connectivity index (χ2v) is 5.75. The summed E-state index contributed by atoms with van der Waals surface area (Å²) in [5.74, 6) is 0.493. The SMILES string of the molecule is O=C(CSC1CCCC1)Nc1cccnc1Cl. The molecule has 0 unspecified atom stereocenters. The average Bonchev–Trinajstić information content (AvgIpc) is 2.82. The Kier molecular flexibility index (Phi) is 4.68. The molecule has 1 amide bonds. The Bertz CT molecular complexity index is 394. The monoisotopic (exact) mass is 270 g/mol. The number of nitrogens with zero attached hydrogens (tertiary/aromatic N) is 1. The van der Waals surface area contributed by atoms with E-state index in [1.807, 2.05) is 0 Å². The maximum absolute atomic E-state index is 11.7. The van der Waals surface area contributed by atoms with Gasteiger partial charge in [0.05, 0.1) is 11.4 Å². The van der Waals surface area contributed by atoms with Crippen molar-refractivity contribution in [2.45, 2.75) is 30.9 Å². The van der Waals surface area contributed by atoms with Crippen LogP contribution in [-0.4, -0.2) is 21.9 Å². The largest absolute Gasteiger partial charge is 0.323 e. The van der Waals surface area contributed by atoms with Gasteiger partial charge in [-0.2, -0.15) is 0 Å². The molecule has 92 valence electrons. The molecular weight excluding hydrogens is 256 g/mol. The Balaban J connectivity index is 1.79. The van der Waals surface area contributed by atoms with Crippen molar-refractivity contribution in [1.29, 1.82) is 0 Å². The molecule has 1 heterocycles. The smallest absolute Gasteiger partial charge is 0.234 e. The zero-order chi connectivity index (χ0) is 12.1. The first kappa shape index (κ1) is 12.7. The van der Waals surface area contributed by atoms with Gasteiger partial charge in [-0.15, -0.1) is 11.8 Å². The number of carbonyl (C=O) groups excluding carboxylic acids is 1. The fourth-order valence-corrected chi connectivity index (χ4v) is 3.21. The normalized spacial score (nSPS) is 16.1. The number of carbonyl (C=O) groups is 1. The Morgan fingerprint density at radius 3 is 3.00 bits per heavy atom. The molecule has 0 aromatic carbocycles. The highest BCUT2D eigenvalue weighted by molar-refractivity contribution is 8.00. The van der Waals surface area contributed by atoms with Crippen molar-refractivity contribution < 1.29 is 4.79 Å². The number of halogens is 1. The third kappa shape index (κ3) is 3.89. The summed E-state index contributed by atoms with van der Waals surface area (Å²) in [6.07, 6.45) is 6.68. The van der Waals surface area contributed by atoms with E-state index in [0.717, 1.165) is 0 Å². The summed E-state index contributed by atoms with van der Waals surface area (Å²) in [5, 5.41) is 3.78. The number of nitrogens with one attached hydrogen (secondary N) is 1. The van der Waals surface area contributed by atoms with Crippen LogP contribution in [0, 0.1) is 0 Å². The van der Waals surface area contributed by atoms with Crippen molar-refractivity contribution in [1.82, 2.24) is 4.98 Å². The van der Waals surface area contributed by atoms with Crippen molar-refractivity contribution in [2.24, 2.45) is 0 Å². The van der Waals surface area contributed by atoms with Crippen LogP contribution in [0.2, 0.25) is 5.15 Å². The quantitative estimate of drug-likeness (QED) is 0.853. The van der Waals surface area contributed by atoms with Gasteiger partial charge in [0.2, 0.25) is 5.91 Å². The Morgan fingerprint density at radius 2 is 2.29 bits per heavy atom. The summed E-state index contributed by atoms with van der Waals surface area (Å²) >= 11 is 7.60. The Hall–Kier alpha value is -0.740.